The van der Waals surface area contributed by atoms with Crippen LogP contribution in [0, 0.1) is 0 Å². The van der Waals surface area contributed by atoms with Crippen LogP contribution in [0.1, 0.15) is 37.7 Å². The second kappa shape index (κ2) is 15.9. The number of rotatable bonds is 17. The Hall–Kier alpha value is -4.04. The Kier molecular flexibility index (Phi) is 13.3. The molecule has 204 valence electrons. The lowest BCUT2D eigenvalue weighted by Crippen LogP contribution is -2.58. The first-order valence-corrected chi connectivity index (χ1v) is 11.6. The fourth-order valence-electron chi connectivity index (χ4n) is 3.36. The van der Waals surface area contributed by atoms with Gasteiger partial charge >= 0.3 is 5.97 Å². The number of carbonyl (C=O) groups excluding carboxylic acids is 5. The highest BCUT2D eigenvalue weighted by molar-refractivity contribution is 5.97. The molecular weight excluding hydrogens is 486 g/mol. The van der Waals surface area contributed by atoms with Crippen LogP contribution in [0.15, 0.2) is 30.3 Å². The Morgan fingerprint density at radius 1 is 0.757 bits per heavy atom. The smallest absolute Gasteiger partial charge is 0.326 e. The fraction of sp³-hybridized carbons (Fsp3) is 0.478. The Bertz CT molecular complexity index is 958. The number of aliphatic carboxylic acids is 1. The number of hydrogen-bond acceptors (Lipinski definition) is 8. The van der Waals surface area contributed by atoms with Gasteiger partial charge in [0.25, 0.3) is 0 Å². The number of primary amides is 2. The number of benzene rings is 1. The summed E-state index contributed by atoms with van der Waals surface area (Å²) in [7, 11) is 0. The summed E-state index contributed by atoms with van der Waals surface area (Å²) in [4.78, 5) is 72.7. The van der Waals surface area contributed by atoms with E-state index in [9.17, 15) is 33.9 Å². The minimum Gasteiger partial charge on any atom is -0.480 e. The molecule has 0 aromatic heterocycles. The van der Waals surface area contributed by atoms with Crippen molar-refractivity contribution in [2.45, 2.75) is 62.7 Å². The summed E-state index contributed by atoms with van der Waals surface area (Å²) >= 11 is 0. The zero-order valence-corrected chi connectivity index (χ0v) is 20.4. The van der Waals surface area contributed by atoms with E-state index in [4.69, 9.17) is 22.9 Å². The van der Waals surface area contributed by atoms with E-state index in [2.05, 4.69) is 16.0 Å². The molecule has 14 heteroatoms. The maximum absolute atomic E-state index is 12.9. The van der Waals surface area contributed by atoms with Crippen LogP contribution in [0.25, 0.3) is 0 Å². The Morgan fingerprint density at radius 2 is 1.24 bits per heavy atom. The molecule has 0 aliphatic rings. The van der Waals surface area contributed by atoms with Gasteiger partial charge in [-0.05, 0) is 37.8 Å². The number of nitrogens with one attached hydrogen (secondary N) is 3. The number of carboxylic acids is 1. The number of unbranched alkanes of at least 4 members (excludes halogenated alkanes) is 1. The first-order chi connectivity index (χ1) is 17.4. The molecule has 1 rings (SSSR count). The van der Waals surface area contributed by atoms with Crippen LogP contribution >= 0.6 is 0 Å². The highest BCUT2D eigenvalue weighted by atomic mass is 16.4. The van der Waals surface area contributed by atoms with Gasteiger partial charge in [0.05, 0.1) is 18.9 Å². The predicted octanol–water partition coefficient (Wildman–Crippen LogP) is -3.02. The lowest BCUT2D eigenvalue weighted by atomic mass is 10.0. The van der Waals surface area contributed by atoms with E-state index in [1.54, 1.807) is 30.3 Å². The molecule has 0 aliphatic heterocycles. The average molecular weight is 522 g/mol. The minimum absolute atomic E-state index is 0.0647. The van der Waals surface area contributed by atoms with E-state index in [-0.39, 0.29) is 12.8 Å². The summed E-state index contributed by atoms with van der Waals surface area (Å²) in [6.45, 7) is 0.336. The molecule has 1 aromatic carbocycles. The Morgan fingerprint density at radius 3 is 1.70 bits per heavy atom. The molecule has 4 unspecified atom stereocenters. The summed E-state index contributed by atoms with van der Waals surface area (Å²) in [5, 5.41) is 16.2. The van der Waals surface area contributed by atoms with E-state index in [1.807, 2.05) is 0 Å². The third-order valence-electron chi connectivity index (χ3n) is 5.27. The van der Waals surface area contributed by atoms with Gasteiger partial charge in [0, 0.05) is 0 Å². The first kappa shape index (κ1) is 31.0. The second-order valence-electron chi connectivity index (χ2n) is 8.44. The van der Waals surface area contributed by atoms with E-state index in [1.165, 1.54) is 0 Å². The monoisotopic (exact) mass is 521 g/mol. The molecule has 0 bridgehead atoms. The van der Waals surface area contributed by atoms with Crippen LogP contribution in [0.3, 0.4) is 0 Å². The van der Waals surface area contributed by atoms with Gasteiger partial charge in [0.2, 0.25) is 29.5 Å². The third kappa shape index (κ3) is 12.0. The maximum Gasteiger partial charge on any atom is 0.326 e. The molecule has 0 heterocycles. The van der Waals surface area contributed by atoms with E-state index in [0.717, 1.165) is 5.56 Å². The Labute approximate surface area is 213 Å². The quantitative estimate of drug-likeness (QED) is 0.0968. The molecule has 1 aromatic rings. The van der Waals surface area contributed by atoms with Crippen molar-refractivity contribution >= 4 is 35.5 Å². The van der Waals surface area contributed by atoms with Gasteiger partial charge in [-0.3, -0.25) is 24.0 Å². The molecule has 5 amide bonds. The van der Waals surface area contributed by atoms with Gasteiger partial charge in [-0.15, -0.1) is 0 Å². The highest BCUT2D eigenvalue weighted by Gasteiger charge is 2.32. The van der Waals surface area contributed by atoms with Crippen molar-refractivity contribution in [1.82, 2.24) is 16.0 Å². The second-order valence-corrected chi connectivity index (χ2v) is 8.44. The standard InChI is InChI=1S/C23H35N7O7/c24-9-5-4-8-15(23(36)37)28-21(34)17(12-19(27)32)30-22(35)16(11-18(26)31)29-20(33)14(25)10-13-6-2-1-3-7-13/h1-3,6-7,14-17H,4-5,8-12,24-25H2,(H2,26,31)(H2,27,32)(H,28,34)(H,29,33)(H,30,35)(H,36,37). The van der Waals surface area contributed by atoms with E-state index in [0.29, 0.717) is 19.4 Å². The van der Waals surface area contributed by atoms with E-state index < -0.39 is 72.5 Å². The largest absolute Gasteiger partial charge is 0.480 e. The molecule has 0 saturated heterocycles. The number of carbonyl (C=O) groups is 6. The molecule has 4 atom stereocenters. The van der Waals surface area contributed by atoms with Crippen molar-refractivity contribution in [3.05, 3.63) is 35.9 Å². The van der Waals surface area contributed by atoms with Gasteiger partial charge < -0.3 is 44.0 Å². The van der Waals surface area contributed by atoms with Crippen LogP contribution in [-0.4, -0.2) is 71.3 Å². The lowest BCUT2D eigenvalue weighted by Gasteiger charge is -2.24. The Balaban J connectivity index is 2.95. The minimum atomic E-state index is -1.58. The fourth-order valence-corrected chi connectivity index (χ4v) is 3.36. The molecule has 0 fully saturated rings. The van der Waals surface area contributed by atoms with Crippen molar-refractivity contribution < 1.29 is 33.9 Å². The molecule has 14 nitrogen and oxygen atoms in total. The predicted molar refractivity (Wildman–Crippen MR) is 132 cm³/mol. The SMILES string of the molecule is NCCCCC(NC(=O)C(CC(N)=O)NC(=O)C(CC(N)=O)NC(=O)C(N)Cc1ccccc1)C(=O)O. The van der Waals surface area contributed by atoms with Crippen molar-refractivity contribution in [2.24, 2.45) is 22.9 Å². The normalized spacial score (nSPS) is 13.9. The number of carboxylic acid groups (broad SMARTS) is 1. The van der Waals surface area contributed by atoms with Crippen molar-refractivity contribution in [3.8, 4) is 0 Å². The highest BCUT2D eigenvalue weighted by Crippen LogP contribution is 2.05. The van der Waals surface area contributed by atoms with Crippen molar-refractivity contribution in [1.29, 1.82) is 0 Å². The van der Waals surface area contributed by atoms with Crippen LogP contribution in [0.2, 0.25) is 0 Å². The topological polar surface area (TPSA) is 263 Å². The zero-order valence-electron chi connectivity index (χ0n) is 20.4. The molecule has 0 saturated carbocycles. The number of hydrogen-bond donors (Lipinski definition) is 8. The summed E-state index contributed by atoms with van der Waals surface area (Å²) in [6, 6.07) is 3.37. The molecule has 12 N–H and O–H groups in total. The van der Waals surface area contributed by atoms with Crippen LogP contribution in [-0.2, 0) is 35.2 Å². The van der Waals surface area contributed by atoms with Crippen LogP contribution in [0.5, 0.6) is 0 Å². The summed E-state index contributed by atoms with van der Waals surface area (Å²) in [5.74, 6) is -5.98. The molecule has 0 radical (unpaired) electrons. The molecule has 37 heavy (non-hydrogen) atoms. The zero-order chi connectivity index (χ0) is 28.0. The number of nitrogens with two attached hydrogens (primary N) is 4. The van der Waals surface area contributed by atoms with E-state index >= 15 is 0 Å². The third-order valence-corrected chi connectivity index (χ3v) is 5.27. The van der Waals surface area contributed by atoms with Gasteiger partial charge in [-0.2, -0.15) is 0 Å². The average Bonchev–Trinajstić information content (AvgIpc) is 2.82. The number of amides is 5. The van der Waals surface area contributed by atoms with Crippen LogP contribution in [0.4, 0.5) is 0 Å². The van der Waals surface area contributed by atoms with Gasteiger partial charge in [0.15, 0.2) is 0 Å². The van der Waals surface area contributed by atoms with Crippen LogP contribution < -0.4 is 38.9 Å². The molecule has 0 spiro atoms. The van der Waals surface area contributed by atoms with Gasteiger partial charge in [-0.25, -0.2) is 4.79 Å². The van der Waals surface area contributed by atoms with Crippen molar-refractivity contribution in [3.63, 3.8) is 0 Å². The molecule has 0 aliphatic carbocycles. The lowest BCUT2D eigenvalue weighted by molar-refractivity contribution is -0.142. The maximum atomic E-state index is 12.9. The van der Waals surface area contributed by atoms with Gasteiger partial charge in [-0.1, -0.05) is 30.3 Å². The summed E-state index contributed by atoms with van der Waals surface area (Å²) < 4.78 is 0. The van der Waals surface area contributed by atoms with Gasteiger partial charge in [0.1, 0.15) is 18.1 Å². The first-order valence-electron chi connectivity index (χ1n) is 11.6. The molecular formula is C23H35N7O7. The van der Waals surface area contributed by atoms with Crippen molar-refractivity contribution in [2.75, 3.05) is 6.54 Å². The summed E-state index contributed by atoms with van der Waals surface area (Å²) in [5.41, 5.74) is 22.5. The summed E-state index contributed by atoms with van der Waals surface area (Å²) in [6.07, 6.45) is -0.145.